The summed E-state index contributed by atoms with van der Waals surface area (Å²) < 4.78 is 26.5. The van der Waals surface area contributed by atoms with Crippen LogP contribution in [0.5, 0.6) is 0 Å². The number of pyridine rings is 1. The SMILES string of the molecule is Cc1c(F)nc2ccc(N)cc2c1F. The highest BCUT2D eigenvalue weighted by molar-refractivity contribution is 5.83. The molecule has 0 unspecified atom stereocenters. The van der Waals surface area contributed by atoms with Crippen molar-refractivity contribution in [3.8, 4) is 0 Å². The van der Waals surface area contributed by atoms with Crippen LogP contribution in [0, 0.1) is 18.7 Å². The van der Waals surface area contributed by atoms with Gasteiger partial charge in [-0.3, -0.25) is 0 Å². The molecule has 2 rings (SSSR count). The monoisotopic (exact) mass is 194 g/mol. The maximum absolute atomic E-state index is 13.5. The average Bonchev–Trinajstić information content (AvgIpc) is 2.16. The van der Waals surface area contributed by atoms with E-state index in [1.807, 2.05) is 0 Å². The van der Waals surface area contributed by atoms with E-state index in [4.69, 9.17) is 5.73 Å². The molecule has 0 aliphatic heterocycles. The van der Waals surface area contributed by atoms with Crippen LogP contribution >= 0.6 is 0 Å². The summed E-state index contributed by atoms with van der Waals surface area (Å²) in [5.74, 6) is -1.38. The minimum atomic E-state index is -0.778. The van der Waals surface area contributed by atoms with E-state index in [1.165, 1.54) is 19.1 Å². The minimum Gasteiger partial charge on any atom is -0.399 e. The summed E-state index contributed by atoms with van der Waals surface area (Å²) in [5.41, 5.74) is 6.12. The Balaban J connectivity index is 2.92. The molecule has 0 fully saturated rings. The Labute approximate surface area is 79.4 Å². The largest absolute Gasteiger partial charge is 0.399 e. The summed E-state index contributed by atoms with van der Waals surface area (Å²) in [6, 6.07) is 4.50. The van der Waals surface area contributed by atoms with Gasteiger partial charge in [-0.05, 0) is 25.1 Å². The second-order valence-corrected chi connectivity index (χ2v) is 3.12. The van der Waals surface area contributed by atoms with Gasteiger partial charge in [0.15, 0.2) is 0 Å². The number of benzene rings is 1. The predicted octanol–water partition coefficient (Wildman–Crippen LogP) is 2.40. The van der Waals surface area contributed by atoms with Crippen molar-refractivity contribution in [1.29, 1.82) is 0 Å². The first-order chi connectivity index (χ1) is 6.59. The smallest absolute Gasteiger partial charge is 0.219 e. The third-order valence-electron chi connectivity index (χ3n) is 2.11. The minimum absolute atomic E-state index is 0.0805. The van der Waals surface area contributed by atoms with Crippen molar-refractivity contribution in [1.82, 2.24) is 4.98 Å². The second kappa shape index (κ2) is 2.90. The Morgan fingerprint density at radius 3 is 2.71 bits per heavy atom. The van der Waals surface area contributed by atoms with Crippen LogP contribution in [0.25, 0.3) is 10.9 Å². The van der Waals surface area contributed by atoms with Gasteiger partial charge in [0, 0.05) is 16.6 Å². The Morgan fingerprint density at radius 1 is 1.29 bits per heavy atom. The van der Waals surface area contributed by atoms with E-state index in [-0.39, 0.29) is 16.5 Å². The number of nitrogens with zero attached hydrogens (tertiary/aromatic N) is 1. The lowest BCUT2D eigenvalue weighted by Gasteiger charge is -2.03. The fraction of sp³-hybridized carbons (Fsp3) is 0.100. The fourth-order valence-corrected chi connectivity index (χ4v) is 1.31. The lowest BCUT2D eigenvalue weighted by Crippen LogP contribution is -1.96. The molecule has 0 aliphatic rings. The molecule has 2 aromatic rings. The Kier molecular flexibility index (Phi) is 1.84. The molecule has 72 valence electrons. The van der Waals surface area contributed by atoms with Crippen molar-refractivity contribution in [2.75, 3.05) is 5.73 Å². The molecule has 0 saturated heterocycles. The second-order valence-electron chi connectivity index (χ2n) is 3.12. The van der Waals surface area contributed by atoms with Crippen molar-refractivity contribution in [2.45, 2.75) is 6.92 Å². The number of anilines is 1. The van der Waals surface area contributed by atoms with E-state index in [2.05, 4.69) is 4.98 Å². The lowest BCUT2D eigenvalue weighted by molar-refractivity contribution is 0.548. The maximum Gasteiger partial charge on any atom is 0.219 e. The molecule has 0 bridgehead atoms. The van der Waals surface area contributed by atoms with E-state index in [0.29, 0.717) is 5.69 Å². The Bertz CT molecular complexity index is 509. The third-order valence-corrected chi connectivity index (χ3v) is 2.11. The highest BCUT2D eigenvalue weighted by Crippen LogP contribution is 2.22. The number of fused-ring (bicyclic) bond motifs is 1. The topological polar surface area (TPSA) is 38.9 Å². The number of aromatic nitrogens is 1. The molecule has 14 heavy (non-hydrogen) atoms. The highest BCUT2D eigenvalue weighted by atomic mass is 19.1. The number of rotatable bonds is 0. The average molecular weight is 194 g/mol. The zero-order valence-corrected chi connectivity index (χ0v) is 7.51. The molecule has 1 aromatic heterocycles. The van der Waals surface area contributed by atoms with E-state index in [0.717, 1.165) is 0 Å². The van der Waals surface area contributed by atoms with Gasteiger partial charge in [0.05, 0.1) is 5.52 Å². The number of hydrogen-bond acceptors (Lipinski definition) is 2. The Morgan fingerprint density at radius 2 is 2.00 bits per heavy atom. The van der Waals surface area contributed by atoms with Gasteiger partial charge in [-0.2, -0.15) is 4.39 Å². The number of halogens is 2. The van der Waals surface area contributed by atoms with E-state index in [9.17, 15) is 8.78 Å². The molecule has 1 aromatic carbocycles. The van der Waals surface area contributed by atoms with Crippen LogP contribution < -0.4 is 5.73 Å². The molecule has 2 nitrogen and oxygen atoms in total. The zero-order valence-electron chi connectivity index (χ0n) is 7.51. The molecule has 0 spiro atoms. The molecule has 2 N–H and O–H groups in total. The summed E-state index contributed by atoms with van der Waals surface area (Å²) in [4.78, 5) is 3.61. The first-order valence-corrected chi connectivity index (χ1v) is 4.10. The van der Waals surface area contributed by atoms with Crippen molar-refractivity contribution < 1.29 is 8.78 Å². The first-order valence-electron chi connectivity index (χ1n) is 4.10. The van der Waals surface area contributed by atoms with Crippen LogP contribution in [0.1, 0.15) is 5.56 Å². The van der Waals surface area contributed by atoms with Crippen LogP contribution in [-0.2, 0) is 0 Å². The number of hydrogen-bond donors (Lipinski definition) is 1. The number of nitrogen functional groups attached to an aromatic ring is 1. The first kappa shape index (κ1) is 8.87. The maximum atomic E-state index is 13.5. The molecular formula is C10H8F2N2. The Hall–Kier alpha value is -1.71. The van der Waals surface area contributed by atoms with Gasteiger partial charge in [0.25, 0.3) is 0 Å². The molecule has 4 heteroatoms. The van der Waals surface area contributed by atoms with Crippen LogP contribution in [0.15, 0.2) is 18.2 Å². The van der Waals surface area contributed by atoms with E-state index < -0.39 is 11.8 Å². The number of nitrogens with two attached hydrogens (primary N) is 1. The van der Waals surface area contributed by atoms with Crippen LogP contribution in [-0.4, -0.2) is 4.98 Å². The molecule has 0 radical (unpaired) electrons. The van der Waals surface area contributed by atoms with Crippen molar-refractivity contribution in [3.63, 3.8) is 0 Å². The van der Waals surface area contributed by atoms with Gasteiger partial charge in [0.2, 0.25) is 5.95 Å². The quantitative estimate of drug-likeness (QED) is 0.516. The van der Waals surface area contributed by atoms with Crippen molar-refractivity contribution >= 4 is 16.6 Å². The standard InChI is InChI=1S/C10H8F2N2/c1-5-9(11)7-4-6(13)2-3-8(7)14-10(5)12/h2-4H,13H2,1H3. The fourth-order valence-electron chi connectivity index (χ4n) is 1.31. The summed E-state index contributed by atoms with van der Waals surface area (Å²) >= 11 is 0. The lowest BCUT2D eigenvalue weighted by atomic mass is 10.1. The van der Waals surface area contributed by atoms with Crippen LogP contribution in [0.3, 0.4) is 0 Å². The van der Waals surface area contributed by atoms with Gasteiger partial charge in [-0.25, -0.2) is 9.37 Å². The van der Waals surface area contributed by atoms with Crippen LogP contribution in [0.2, 0.25) is 0 Å². The van der Waals surface area contributed by atoms with Crippen LogP contribution in [0.4, 0.5) is 14.5 Å². The third kappa shape index (κ3) is 1.19. The normalized spacial score (nSPS) is 10.8. The van der Waals surface area contributed by atoms with Gasteiger partial charge in [-0.1, -0.05) is 0 Å². The highest BCUT2D eigenvalue weighted by Gasteiger charge is 2.10. The van der Waals surface area contributed by atoms with E-state index in [1.54, 1.807) is 6.07 Å². The van der Waals surface area contributed by atoms with Crippen molar-refractivity contribution in [2.24, 2.45) is 0 Å². The van der Waals surface area contributed by atoms with Gasteiger partial charge >= 0.3 is 0 Å². The molecular weight excluding hydrogens is 186 g/mol. The van der Waals surface area contributed by atoms with E-state index >= 15 is 0 Å². The predicted molar refractivity (Wildman–Crippen MR) is 50.8 cm³/mol. The molecule has 0 amide bonds. The summed E-state index contributed by atoms with van der Waals surface area (Å²) in [6.45, 7) is 1.35. The van der Waals surface area contributed by atoms with Gasteiger partial charge in [0.1, 0.15) is 5.82 Å². The molecule has 1 heterocycles. The molecule has 0 aliphatic carbocycles. The van der Waals surface area contributed by atoms with Gasteiger partial charge in [-0.15, -0.1) is 0 Å². The van der Waals surface area contributed by atoms with Gasteiger partial charge < -0.3 is 5.73 Å². The summed E-state index contributed by atoms with van der Waals surface area (Å²) in [6.07, 6.45) is 0. The zero-order chi connectivity index (χ0) is 10.3. The van der Waals surface area contributed by atoms with Crippen molar-refractivity contribution in [3.05, 3.63) is 35.5 Å². The summed E-state index contributed by atoms with van der Waals surface area (Å²) in [7, 11) is 0. The molecule has 0 saturated carbocycles. The summed E-state index contributed by atoms with van der Waals surface area (Å²) in [5, 5.41) is 0.254. The molecule has 0 atom stereocenters.